The molecule has 0 unspecified atom stereocenters. The smallest absolute Gasteiger partial charge is 0.261 e. The maximum absolute atomic E-state index is 13.5. The number of imide groups is 1. The molecule has 0 fully saturated rings. The van der Waals surface area contributed by atoms with Gasteiger partial charge in [0.25, 0.3) is 17.7 Å². The predicted molar refractivity (Wildman–Crippen MR) is 80.5 cm³/mol. The van der Waals surface area contributed by atoms with Crippen LogP contribution in [0.4, 0.5) is 4.39 Å². The van der Waals surface area contributed by atoms with E-state index in [9.17, 15) is 18.8 Å². The Kier molecular flexibility index (Phi) is 3.89. The molecule has 0 bridgehead atoms. The monoisotopic (exact) mass is 312 g/mol. The fourth-order valence-corrected chi connectivity index (χ4v) is 2.46. The van der Waals surface area contributed by atoms with Gasteiger partial charge >= 0.3 is 0 Å². The lowest BCUT2D eigenvalue weighted by Gasteiger charge is -2.14. The van der Waals surface area contributed by atoms with E-state index < -0.39 is 11.7 Å². The molecule has 1 aliphatic heterocycles. The van der Waals surface area contributed by atoms with Gasteiger partial charge in [-0.3, -0.25) is 19.3 Å². The number of nitrogens with one attached hydrogen (secondary N) is 1. The molecule has 6 heteroatoms. The Morgan fingerprint density at radius 2 is 1.52 bits per heavy atom. The normalized spacial score (nSPS) is 13.2. The first kappa shape index (κ1) is 14.9. The molecular formula is C17H13FN2O3. The fraction of sp³-hybridized carbons (Fsp3) is 0.118. The molecule has 2 aromatic carbocycles. The molecule has 3 rings (SSSR count). The Hall–Kier alpha value is -3.02. The van der Waals surface area contributed by atoms with Crippen molar-refractivity contribution in [3.63, 3.8) is 0 Å². The number of halogens is 1. The van der Waals surface area contributed by atoms with Crippen molar-refractivity contribution >= 4 is 17.7 Å². The van der Waals surface area contributed by atoms with Crippen LogP contribution in [0.5, 0.6) is 0 Å². The second-order valence-corrected chi connectivity index (χ2v) is 5.04. The van der Waals surface area contributed by atoms with Crippen molar-refractivity contribution in [2.75, 3.05) is 13.1 Å². The van der Waals surface area contributed by atoms with Gasteiger partial charge in [0, 0.05) is 13.1 Å². The number of nitrogens with zero attached hydrogens (tertiary/aromatic N) is 1. The summed E-state index contributed by atoms with van der Waals surface area (Å²) in [7, 11) is 0. The molecule has 1 aliphatic rings. The molecule has 3 amide bonds. The average molecular weight is 312 g/mol. The van der Waals surface area contributed by atoms with Gasteiger partial charge in [-0.25, -0.2) is 4.39 Å². The van der Waals surface area contributed by atoms with Crippen molar-refractivity contribution < 1.29 is 18.8 Å². The summed E-state index contributed by atoms with van der Waals surface area (Å²) in [6.45, 7) is 0.0885. The van der Waals surface area contributed by atoms with Crippen molar-refractivity contribution in [3.05, 3.63) is 71.0 Å². The van der Waals surface area contributed by atoms with Crippen LogP contribution in [0.25, 0.3) is 0 Å². The van der Waals surface area contributed by atoms with Crippen LogP contribution in [0.1, 0.15) is 31.1 Å². The summed E-state index contributed by atoms with van der Waals surface area (Å²) in [5.74, 6) is -1.97. The largest absolute Gasteiger partial charge is 0.350 e. The average Bonchev–Trinajstić information content (AvgIpc) is 2.80. The molecule has 1 N–H and O–H groups in total. The minimum absolute atomic E-state index is 0.0343. The van der Waals surface area contributed by atoms with Crippen molar-refractivity contribution in [1.29, 1.82) is 0 Å². The highest BCUT2D eigenvalue weighted by atomic mass is 19.1. The van der Waals surface area contributed by atoms with Gasteiger partial charge in [0.2, 0.25) is 0 Å². The predicted octanol–water partition coefficient (Wildman–Crippen LogP) is 1.85. The van der Waals surface area contributed by atoms with Crippen molar-refractivity contribution in [3.8, 4) is 0 Å². The molecule has 0 saturated heterocycles. The molecule has 116 valence electrons. The lowest BCUT2D eigenvalue weighted by molar-refractivity contribution is 0.0649. The molecule has 0 atom stereocenters. The van der Waals surface area contributed by atoms with Gasteiger partial charge in [0.1, 0.15) is 5.82 Å². The zero-order chi connectivity index (χ0) is 16.4. The minimum atomic E-state index is -0.620. The topological polar surface area (TPSA) is 66.5 Å². The Balaban J connectivity index is 1.62. The highest BCUT2D eigenvalue weighted by molar-refractivity contribution is 6.21. The molecule has 5 nitrogen and oxygen atoms in total. The quantitative estimate of drug-likeness (QED) is 0.876. The van der Waals surface area contributed by atoms with Crippen LogP contribution in [0.2, 0.25) is 0 Å². The number of hydrogen-bond donors (Lipinski definition) is 1. The standard InChI is InChI=1S/C17H13FN2O3/c18-14-8-4-3-7-13(14)15(21)19-9-10-20-16(22)11-5-1-2-6-12(11)17(20)23/h1-8H,9-10H2,(H,19,21). The molecule has 0 saturated carbocycles. The summed E-state index contributed by atoms with van der Waals surface area (Å²) in [4.78, 5) is 37.2. The van der Waals surface area contributed by atoms with E-state index in [1.165, 1.54) is 18.2 Å². The first-order chi connectivity index (χ1) is 11.1. The summed E-state index contributed by atoms with van der Waals surface area (Å²) in [6.07, 6.45) is 0. The zero-order valence-electron chi connectivity index (χ0n) is 12.1. The van der Waals surface area contributed by atoms with Crippen LogP contribution in [0, 0.1) is 5.82 Å². The van der Waals surface area contributed by atoms with E-state index >= 15 is 0 Å². The number of benzene rings is 2. The molecule has 0 radical (unpaired) electrons. The molecule has 2 aromatic rings. The summed E-state index contributed by atoms with van der Waals surface area (Å²) in [5, 5.41) is 2.51. The van der Waals surface area contributed by atoms with E-state index in [1.807, 2.05) is 0 Å². The Morgan fingerprint density at radius 1 is 0.957 bits per heavy atom. The van der Waals surface area contributed by atoms with Crippen LogP contribution in [0.3, 0.4) is 0 Å². The second-order valence-electron chi connectivity index (χ2n) is 5.04. The van der Waals surface area contributed by atoms with Gasteiger partial charge in [-0.15, -0.1) is 0 Å². The lowest BCUT2D eigenvalue weighted by atomic mass is 10.1. The summed E-state index contributed by atoms with van der Waals surface area (Å²) < 4.78 is 13.5. The Morgan fingerprint density at radius 3 is 2.13 bits per heavy atom. The Labute approximate surface area is 131 Å². The van der Waals surface area contributed by atoms with E-state index in [1.54, 1.807) is 30.3 Å². The number of amides is 3. The summed E-state index contributed by atoms with van der Waals surface area (Å²) in [6, 6.07) is 12.2. The van der Waals surface area contributed by atoms with Gasteiger partial charge in [0.05, 0.1) is 16.7 Å². The van der Waals surface area contributed by atoms with Crippen LogP contribution in [-0.2, 0) is 0 Å². The number of carbonyl (C=O) groups excluding carboxylic acids is 3. The highest BCUT2D eigenvalue weighted by Gasteiger charge is 2.34. The lowest BCUT2D eigenvalue weighted by Crippen LogP contribution is -2.38. The van der Waals surface area contributed by atoms with Gasteiger partial charge in [0.15, 0.2) is 0 Å². The number of carbonyl (C=O) groups is 3. The van der Waals surface area contributed by atoms with Gasteiger partial charge in [-0.2, -0.15) is 0 Å². The van der Waals surface area contributed by atoms with Gasteiger partial charge in [-0.1, -0.05) is 24.3 Å². The van der Waals surface area contributed by atoms with Crippen LogP contribution >= 0.6 is 0 Å². The number of rotatable bonds is 4. The van der Waals surface area contributed by atoms with Crippen LogP contribution in [-0.4, -0.2) is 35.7 Å². The molecular weight excluding hydrogens is 299 g/mol. The highest BCUT2D eigenvalue weighted by Crippen LogP contribution is 2.21. The summed E-state index contributed by atoms with van der Waals surface area (Å²) in [5.41, 5.74) is 0.644. The molecule has 1 heterocycles. The molecule has 0 aromatic heterocycles. The maximum Gasteiger partial charge on any atom is 0.261 e. The SMILES string of the molecule is O=C(NCCN1C(=O)c2ccccc2C1=O)c1ccccc1F. The molecule has 0 spiro atoms. The van der Waals surface area contributed by atoms with Crippen LogP contribution < -0.4 is 5.32 Å². The number of hydrogen-bond acceptors (Lipinski definition) is 3. The van der Waals surface area contributed by atoms with E-state index in [0.29, 0.717) is 11.1 Å². The van der Waals surface area contributed by atoms with E-state index in [-0.39, 0.29) is 30.5 Å². The first-order valence-electron chi connectivity index (χ1n) is 7.07. The Bertz CT molecular complexity index is 769. The van der Waals surface area contributed by atoms with E-state index in [0.717, 1.165) is 4.90 Å². The second kappa shape index (κ2) is 6.00. The third-order valence-electron chi connectivity index (χ3n) is 3.62. The molecule has 23 heavy (non-hydrogen) atoms. The van der Waals surface area contributed by atoms with Crippen molar-refractivity contribution in [2.45, 2.75) is 0 Å². The van der Waals surface area contributed by atoms with E-state index in [2.05, 4.69) is 5.32 Å². The maximum atomic E-state index is 13.5. The van der Waals surface area contributed by atoms with Crippen molar-refractivity contribution in [2.24, 2.45) is 0 Å². The minimum Gasteiger partial charge on any atom is -0.350 e. The molecule has 0 aliphatic carbocycles. The number of fused-ring (bicyclic) bond motifs is 1. The van der Waals surface area contributed by atoms with Gasteiger partial charge in [-0.05, 0) is 24.3 Å². The third kappa shape index (κ3) is 2.70. The van der Waals surface area contributed by atoms with Gasteiger partial charge < -0.3 is 5.32 Å². The third-order valence-corrected chi connectivity index (χ3v) is 3.62. The van der Waals surface area contributed by atoms with E-state index in [4.69, 9.17) is 0 Å². The fourth-order valence-electron chi connectivity index (χ4n) is 2.46. The van der Waals surface area contributed by atoms with Crippen LogP contribution in [0.15, 0.2) is 48.5 Å². The van der Waals surface area contributed by atoms with Crippen molar-refractivity contribution in [1.82, 2.24) is 10.2 Å². The first-order valence-corrected chi connectivity index (χ1v) is 7.07. The zero-order valence-corrected chi connectivity index (χ0v) is 12.1. The summed E-state index contributed by atoms with van der Waals surface area (Å²) >= 11 is 0.